The van der Waals surface area contributed by atoms with Crippen molar-refractivity contribution >= 4 is 23.4 Å². The van der Waals surface area contributed by atoms with Gasteiger partial charge in [-0.2, -0.15) is 0 Å². The number of para-hydroxylation sites is 1. The Balaban J connectivity index is 1.69. The van der Waals surface area contributed by atoms with Crippen LogP contribution in [0.4, 0.5) is 5.69 Å². The Kier molecular flexibility index (Phi) is 4.86. The number of nitrogens with zero attached hydrogens (tertiary/aromatic N) is 2. The van der Waals surface area contributed by atoms with Crippen molar-refractivity contribution < 1.29 is 19.3 Å². The Morgan fingerprint density at radius 2 is 1.76 bits per heavy atom. The van der Waals surface area contributed by atoms with Crippen LogP contribution in [-0.2, 0) is 4.84 Å². The van der Waals surface area contributed by atoms with E-state index >= 15 is 0 Å². The smallest absolute Gasteiger partial charge is 0.365 e. The average molecular weight is 386 g/mol. The van der Waals surface area contributed by atoms with Crippen molar-refractivity contribution in [3.05, 3.63) is 111 Å². The summed E-state index contributed by atoms with van der Waals surface area (Å²) in [6.45, 7) is 0. The van der Waals surface area contributed by atoms with Crippen LogP contribution < -0.4 is 4.74 Å². The Bertz CT molecular complexity index is 1150. The zero-order chi connectivity index (χ0) is 20.2. The molecule has 0 radical (unpaired) electrons. The Morgan fingerprint density at radius 3 is 2.55 bits per heavy atom. The lowest BCUT2D eigenvalue weighted by Gasteiger charge is -2.02. The molecule has 1 aliphatic heterocycles. The maximum absolute atomic E-state index is 12.2. The highest BCUT2D eigenvalue weighted by Gasteiger charge is 2.26. The quantitative estimate of drug-likeness (QED) is 0.372. The molecule has 0 saturated carbocycles. The first-order valence-corrected chi connectivity index (χ1v) is 8.70. The van der Waals surface area contributed by atoms with E-state index in [2.05, 4.69) is 5.16 Å². The number of rotatable bonds is 4. The van der Waals surface area contributed by atoms with Crippen LogP contribution in [0.3, 0.4) is 0 Å². The molecule has 29 heavy (non-hydrogen) atoms. The molecule has 1 aliphatic rings. The molecule has 0 fully saturated rings. The van der Waals surface area contributed by atoms with Gasteiger partial charge in [0.25, 0.3) is 5.69 Å². The number of non-ortho nitro benzene ring substituents is 1. The van der Waals surface area contributed by atoms with Gasteiger partial charge in [0.05, 0.1) is 16.1 Å². The van der Waals surface area contributed by atoms with E-state index in [0.29, 0.717) is 33.9 Å². The molecular formula is C22H14N2O5. The minimum atomic E-state index is -0.600. The van der Waals surface area contributed by atoms with E-state index in [-0.39, 0.29) is 5.69 Å². The highest BCUT2D eigenvalue weighted by atomic mass is 16.7. The molecule has 0 unspecified atom stereocenters. The van der Waals surface area contributed by atoms with Crippen LogP contribution in [0.25, 0.3) is 6.08 Å². The van der Waals surface area contributed by atoms with Crippen molar-refractivity contribution in [1.82, 2.24) is 0 Å². The van der Waals surface area contributed by atoms with Gasteiger partial charge < -0.3 is 9.57 Å². The summed E-state index contributed by atoms with van der Waals surface area (Å²) < 4.78 is 5.83. The standard InChI is InChI=1S/C22H14N2O5/c25-22(16-8-2-1-3-9-16)29-23-21-18-11-4-5-12-19(18)28-20(21)14-15-7-6-10-17(13-15)24(26)27/h1-14H/b20-14+,23-21+. The van der Waals surface area contributed by atoms with E-state index in [1.807, 2.05) is 12.1 Å². The number of hydrogen-bond donors (Lipinski definition) is 0. The second-order valence-corrected chi connectivity index (χ2v) is 6.14. The predicted molar refractivity (Wildman–Crippen MR) is 107 cm³/mol. The van der Waals surface area contributed by atoms with Crippen LogP contribution in [0.2, 0.25) is 0 Å². The van der Waals surface area contributed by atoms with Crippen LogP contribution >= 0.6 is 0 Å². The number of ether oxygens (including phenoxy) is 1. The maximum Gasteiger partial charge on any atom is 0.365 e. The molecule has 0 saturated heterocycles. The lowest BCUT2D eigenvalue weighted by atomic mass is 10.1. The summed E-state index contributed by atoms with van der Waals surface area (Å²) in [5, 5.41) is 15.0. The summed E-state index contributed by atoms with van der Waals surface area (Å²) in [4.78, 5) is 27.9. The number of carbonyl (C=O) groups is 1. The number of hydrogen-bond acceptors (Lipinski definition) is 6. The number of carbonyl (C=O) groups excluding carboxylic acids is 1. The highest BCUT2D eigenvalue weighted by molar-refractivity contribution is 6.17. The van der Waals surface area contributed by atoms with Crippen molar-refractivity contribution in [2.24, 2.45) is 5.16 Å². The van der Waals surface area contributed by atoms with Gasteiger partial charge >= 0.3 is 5.97 Å². The van der Waals surface area contributed by atoms with Gasteiger partial charge in [-0.25, -0.2) is 4.79 Å². The Labute approximate surface area is 165 Å². The Hall–Kier alpha value is -4.26. The van der Waals surface area contributed by atoms with E-state index in [4.69, 9.17) is 9.57 Å². The van der Waals surface area contributed by atoms with Gasteiger partial charge in [-0.15, -0.1) is 0 Å². The minimum Gasteiger partial charge on any atom is -0.454 e. The molecule has 3 aromatic rings. The third-order valence-electron chi connectivity index (χ3n) is 4.20. The van der Waals surface area contributed by atoms with E-state index < -0.39 is 10.9 Å². The SMILES string of the molecule is O=C(O/N=C1/C(=C\c2cccc([N+](=O)[O-])c2)Oc2ccccc21)c1ccccc1. The largest absolute Gasteiger partial charge is 0.454 e. The molecule has 7 nitrogen and oxygen atoms in total. The van der Waals surface area contributed by atoms with Crippen LogP contribution in [0.5, 0.6) is 5.75 Å². The zero-order valence-corrected chi connectivity index (χ0v) is 15.0. The Morgan fingerprint density at radius 1 is 1.00 bits per heavy atom. The molecule has 0 spiro atoms. The molecular weight excluding hydrogens is 372 g/mol. The molecule has 0 N–H and O–H groups in total. The number of nitro benzene ring substituents is 1. The first kappa shape index (κ1) is 18.1. The van der Waals surface area contributed by atoms with E-state index in [9.17, 15) is 14.9 Å². The zero-order valence-electron chi connectivity index (χ0n) is 15.0. The molecule has 142 valence electrons. The van der Waals surface area contributed by atoms with Crippen molar-refractivity contribution in [1.29, 1.82) is 0 Å². The first-order valence-electron chi connectivity index (χ1n) is 8.70. The molecule has 0 bridgehead atoms. The average Bonchev–Trinajstić information content (AvgIpc) is 3.09. The van der Waals surface area contributed by atoms with Crippen LogP contribution in [-0.4, -0.2) is 16.6 Å². The molecule has 0 amide bonds. The monoisotopic (exact) mass is 386 g/mol. The number of benzene rings is 3. The summed E-state index contributed by atoms with van der Waals surface area (Å²) in [6.07, 6.45) is 1.61. The maximum atomic E-state index is 12.2. The van der Waals surface area contributed by atoms with Gasteiger partial charge in [-0.05, 0) is 35.9 Å². The van der Waals surface area contributed by atoms with Gasteiger partial charge in [0.15, 0.2) is 11.5 Å². The molecule has 4 rings (SSSR count). The fourth-order valence-corrected chi connectivity index (χ4v) is 2.84. The molecule has 1 heterocycles. The van der Waals surface area contributed by atoms with Gasteiger partial charge in [0, 0.05) is 12.1 Å². The number of allylic oxidation sites excluding steroid dienone is 1. The molecule has 7 heteroatoms. The van der Waals surface area contributed by atoms with Gasteiger partial charge in [0.2, 0.25) is 0 Å². The van der Waals surface area contributed by atoms with Crippen molar-refractivity contribution in [3.8, 4) is 5.75 Å². The fraction of sp³-hybridized carbons (Fsp3) is 0. The summed E-state index contributed by atoms with van der Waals surface area (Å²) in [5.74, 6) is 0.281. The molecule has 0 atom stereocenters. The van der Waals surface area contributed by atoms with Crippen LogP contribution in [0.15, 0.2) is 89.8 Å². The minimum absolute atomic E-state index is 0.0381. The summed E-state index contributed by atoms with van der Waals surface area (Å²) >= 11 is 0. The summed E-state index contributed by atoms with van der Waals surface area (Å²) in [6, 6.07) is 21.8. The second-order valence-electron chi connectivity index (χ2n) is 6.14. The lowest BCUT2D eigenvalue weighted by molar-refractivity contribution is -0.384. The molecule has 0 aliphatic carbocycles. The van der Waals surface area contributed by atoms with Crippen molar-refractivity contribution in [2.75, 3.05) is 0 Å². The van der Waals surface area contributed by atoms with Gasteiger partial charge in [-0.3, -0.25) is 10.1 Å². The molecule has 3 aromatic carbocycles. The lowest BCUT2D eigenvalue weighted by Crippen LogP contribution is -2.06. The van der Waals surface area contributed by atoms with E-state index in [1.165, 1.54) is 12.1 Å². The third-order valence-corrected chi connectivity index (χ3v) is 4.20. The molecule has 0 aromatic heterocycles. The fourth-order valence-electron chi connectivity index (χ4n) is 2.84. The number of fused-ring (bicyclic) bond motifs is 1. The van der Waals surface area contributed by atoms with Gasteiger partial charge in [-0.1, -0.05) is 47.6 Å². The topological polar surface area (TPSA) is 91.0 Å². The van der Waals surface area contributed by atoms with Gasteiger partial charge in [0.1, 0.15) is 5.75 Å². The highest BCUT2D eigenvalue weighted by Crippen LogP contribution is 2.32. The van der Waals surface area contributed by atoms with Crippen molar-refractivity contribution in [3.63, 3.8) is 0 Å². The van der Waals surface area contributed by atoms with E-state index in [0.717, 1.165) is 0 Å². The number of nitro groups is 1. The van der Waals surface area contributed by atoms with Crippen LogP contribution in [0.1, 0.15) is 21.5 Å². The van der Waals surface area contributed by atoms with Crippen LogP contribution in [0, 0.1) is 10.1 Å². The van der Waals surface area contributed by atoms with Crippen molar-refractivity contribution in [2.45, 2.75) is 0 Å². The first-order chi connectivity index (χ1) is 14.1. The summed E-state index contributed by atoms with van der Waals surface area (Å²) in [7, 11) is 0. The van der Waals surface area contributed by atoms with E-state index in [1.54, 1.807) is 60.7 Å². The number of oxime groups is 1. The third kappa shape index (κ3) is 3.89. The summed E-state index contributed by atoms with van der Waals surface area (Å²) in [5.41, 5.74) is 1.88. The second kappa shape index (κ2) is 7.77. The predicted octanol–water partition coefficient (Wildman–Crippen LogP) is 4.59. The normalized spacial score (nSPS) is 15.0.